The van der Waals surface area contributed by atoms with Gasteiger partial charge in [0.1, 0.15) is 23.0 Å². The van der Waals surface area contributed by atoms with Crippen molar-refractivity contribution in [1.29, 1.82) is 5.41 Å². The standard InChI is InChI=1S/C37H48N6O2/c1-5-27(2)25-39-37-35(28(3)38)36(29-19-21-33(22-20-29)45-32-16-7-6-8-17-32)40-43(37)31-15-11-24-42(26-31)34(44)18-12-23-41(4)30-13-9-10-14-30/h6-8,12,16-22,25,30-31,38-39H,5,9-11,13-15,23-24,26H2,1-4H3. The van der Waals surface area contributed by atoms with Gasteiger partial charge in [0.15, 0.2) is 0 Å². The number of piperidine rings is 1. The van der Waals surface area contributed by atoms with Gasteiger partial charge in [-0.25, -0.2) is 4.68 Å². The number of likely N-dealkylation sites (tertiary alicyclic amines) is 1. The molecule has 2 heterocycles. The minimum absolute atomic E-state index is 0.0115. The average molecular weight is 609 g/mol. The molecule has 3 aromatic rings. The predicted octanol–water partition coefficient (Wildman–Crippen LogP) is 8.05. The molecular formula is C37H48N6O2. The van der Waals surface area contributed by atoms with Crippen molar-refractivity contribution >= 4 is 17.4 Å². The van der Waals surface area contributed by atoms with Crippen LogP contribution in [0.3, 0.4) is 0 Å². The summed E-state index contributed by atoms with van der Waals surface area (Å²) < 4.78 is 8.04. The third-order valence-electron chi connectivity index (χ3n) is 9.06. The van der Waals surface area contributed by atoms with E-state index in [0.29, 0.717) is 18.3 Å². The number of carbonyl (C=O) groups is 1. The van der Waals surface area contributed by atoms with Gasteiger partial charge in [0.05, 0.1) is 11.6 Å². The first-order chi connectivity index (χ1) is 21.8. The van der Waals surface area contributed by atoms with Crippen molar-refractivity contribution in [3.63, 3.8) is 0 Å². The molecule has 8 nitrogen and oxygen atoms in total. The van der Waals surface area contributed by atoms with Crippen LogP contribution in [-0.4, -0.2) is 63.9 Å². The first kappa shape index (κ1) is 32.2. The maximum atomic E-state index is 13.3. The number of carbonyl (C=O) groups excluding carboxylic acids is 1. The van der Waals surface area contributed by atoms with Crippen LogP contribution >= 0.6 is 0 Å². The van der Waals surface area contributed by atoms with Crippen LogP contribution in [0, 0.1) is 5.41 Å². The molecule has 1 aromatic heterocycles. The van der Waals surface area contributed by atoms with E-state index in [-0.39, 0.29) is 11.9 Å². The van der Waals surface area contributed by atoms with Crippen LogP contribution in [0.5, 0.6) is 11.5 Å². The molecule has 238 valence electrons. The zero-order valence-electron chi connectivity index (χ0n) is 27.3. The molecule has 2 aliphatic rings. The maximum Gasteiger partial charge on any atom is 0.246 e. The first-order valence-corrected chi connectivity index (χ1v) is 16.4. The van der Waals surface area contributed by atoms with Gasteiger partial charge in [-0.2, -0.15) is 5.10 Å². The summed E-state index contributed by atoms with van der Waals surface area (Å²) >= 11 is 0. The molecular weight excluding hydrogens is 560 g/mol. The lowest BCUT2D eigenvalue weighted by atomic mass is 10.0. The second-order valence-electron chi connectivity index (χ2n) is 12.4. The van der Waals surface area contributed by atoms with Crippen LogP contribution in [0.15, 0.2) is 78.5 Å². The van der Waals surface area contributed by atoms with E-state index in [9.17, 15) is 4.79 Å². The Labute approximate surface area is 268 Å². The highest BCUT2D eigenvalue weighted by Gasteiger charge is 2.30. The van der Waals surface area contributed by atoms with Crippen molar-refractivity contribution in [1.82, 2.24) is 19.6 Å². The molecule has 0 radical (unpaired) electrons. The number of aromatic nitrogens is 2. The first-order valence-electron chi connectivity index (χ1n) is 16.4. The highest BCUT2D eigenvalue weighted by atomic mass is 16.5. The van der Waals surface area contributed by atoms with Crippen molar-refractivity contribution in [2.45, 2.75) is 77.8 Å². The van der Waals surface area contributed by atoms with Crippen molar-refractivity contribution in [2.75, 3.05) is 32.0 Å². The summed E-state index contributed by atoms with van der Waals surface area (Å²) in [5.74, 6) is 2.37. The lowest BCUT2D eigenvalue weighted by molar-refractivity contribution is -0.127. The van der Waals surface area contributed by atoms with Gasteiger partial charge in [0.2, 0.25) is 5.91 Å². The Kier molecular flexibility index (Phi) is 10.9. The summed E-state index contributed by atoms with van der Waals surface area (Å²) in [5.41, 5.74) is 4.06. The highest BCUT2D eigenvalue weighted by Crippen LogP contribution is 2.35. The van der Waals surface area contributed by atoms with E-state index in [2.05, 4.69) is 31.1 Å². The molecule has 1 aliphatic carbocycles. The minimum Gasteiger partial charge on any atom is -0.457 e. The molecule has 2 aromatic carbocycles. The van der Waals surface area contributed by atoms with E-state index in [1.54, 1.807) is 6.08 Å². The van der Waals surface area contributed by atoms with Gasteiger partial charge in [0, 0.05) is 49.2 Å². The van der Waals surface area contributed by atoms with Crippen molar-refractivity contribution in [3.8, 4) is 22.8 Å². The van der Waals surface area contributed by atoms with E-state index in [0.717, 1.165) is 66.5 Å². The summed E-state index contributed by atoms with van der Waals surface area (Å²) in [5, 5.41) is 17.4. The smallest absolute Gasteiger partial charge is 0.246 e. The van der Waals surface area contributed by atoms with Crippen LogP contribution in [-0.2, 0) is 4.79 Å². The second-order valence-corrected chi connectivity index (χ2v) is 12.4. The summed E-state index contributed by atoms with van der Waals surface area (Å²) in [4.78, 5) is 17.6. The summed E-state index contributed by atoms with van der Waals surface area (Å²) in [6.45, 7) is 8.14. The number of hydrogen-bond acceptors (Lipinski definition) is 6. The van der Waals surface area contributed by atoms with E-state index < -0.39 is 0 Å². The van der Waals surface area contributed by atoms with E-state index in [4.69, 9.17) is 15.2 Å². The Morgan fingerprint density at radius 2 is 1.76 bits per heavy atom. The molecule has 2 fully saturated rings. The predicted molar refractivity (Wildman–Crippen MR) is 183 cm³/mol. The average Bonchev–Trinajstić information content (AvgIpc) is 3.74. The maximum absolute atomic E-state index is 13.3. The minimum atomic E-state index is -0.0115. The quantitative estimate of drug-likeness (QED) is 0.161. The molecule has 2 N–H and O–H groups in total. The number of hydrogen-bond donors (Lipinski definition) is 2. The normalized spacial score (nSPS) is 17.8. The molecule has 1 saturated carbocycles. The number of nitrogens with one attached hydrogen (secondary N) is 2. The molecule has 8 heteroatoms. The monoisotopic (exact) mass is 608 g/mol. The molecule has 45 heavy (non-hydrogen) atoms. The fourth-order valence-corrected chi connectivity index (χ4v) is 6.27. The molecule has 1 amide bonds. The van der Waals surface area contributed by atoms with Gasteiger partial charge in [0.25, 0.3) is 0 Å². The summed E-state index contributed by atoms with van der Waals surface area (Å²) in [7, 11) is 2.16. The van der Waals surface area contributed by atoms with Gasteiger partial charge in [-0.15, -0.1) is 0 Å². The molecule has 0 bridgehead atoms. The lowest BCUT2D eigenvalue weighted by Gasteiger charge is -2.33. The highest BCUT2D eigenvalue weighted by molar-refractivity contribution is 6.06. The molecule has 1 aliphatic heterocycles. The van der Waals surface area contributed by atoms with Gasteiger partial charge in [-0.1, -0.05) is 49.6 Å². The number of anilines is 1. The Bertz CT molecular complexity index is 1500. The number of benzene rings is 2. The third-order valence-corrected chi connectivity index (χ3v) is 9.06. The topological polar surface area (TPSA) is 86.5 Å². The molecule has 1 saturated heterocycles. The van der Waals surface area contributed by atoms with Gasteiger partial charge >= 0.3 is 0 Å². The number of rotatable bonds is 12. The Morgan fingerprint density at radius 1 is 1.04 bits per heavy atom. The van der Waals surface area contributed by atoms with Gasteiger partial charge in [-0.3, -0.25) is 9.69 Å². The Balaban J connectivity index is 1.39. The Morgan fingerprint density at radius 3 is 2.44 bits per heavy atom. The van der Waals surface area contributed by atoms with Crippen molar-refractivity contribution in [2.24, 2.45) is 0 Å². The zero-order valence-corrected chi connectivity index (χ0v) is 27.3. The molecule has 5 rings (SSSR count). The SMILES string of the molecule is CCC(C)=CNc1c(C(C)=N)c(-c2ccc(Oc3ccccc3)cc2)nn1C1CCCN(C(=O)C=CCN(C)C2CCCC2)C1. The number of allylic oxidation sites excluding steroid dienone is 1. The fourth-order valence-electron chi connectivity index (χ4n) is 6.27. The van der Waals surface area contributed by atoms with Crippen LogP contribution < -0.4 is 10.1 Å². The van der Waals surface area contributed by atoms with Gasteiger partial charge in [-0.05, 0) is 89.4 Å². The zero-order chi connectivity index (χ0) is 31.8. The van der Waals surface area contributed by atoms with E-state index in [1.165, 1.54) is 31.3 Å². The molecule has 0 spiro atoms. The van der Waals surface area contributed by atoms with E-state index >= 15 is 0 Å². The second kappa shape index (κ2) is 15.2. The fraction of sp³-hybridized carbons (Fsp3) is 0.432. The van der Waals surface area contributed by atoms with Crippen LogP contribution in [0.2, 0.25) is 0 Å². The van der Waals surface area contributed by atoms with Crippen molar-refractivity contribution in [3.05, 3.63) is 84.1 Å². The van der Waals surface area contributed by atoms with E-state index in [1.807, 2.05) is 83.4 Å². The van der Waals surface area contributed by atoms with Crippen LogP contribution in [0.1, 0.15) is 77.3 Å². The van der Waals surface area contributed by atoms with Crippen LogP contribution in [0.4, 0.5) is 5.82 Å². The summed E-state index contributed by atoms with van der Waals surface area (Å²) in [6, 6.07) is 18.2. The number of para-hydroxylation sites is 1. The molecule has 1 unspecified atom stereocenters. The van der Waals surface area contributed by atoms with Crippen LogP contribution in [0.25, 0.3) is 11.3 Å². The summed E-state index contributed by atoms with van der Waals surface area (Å²) in [6.07, 6.45) is 13.6. The number of nitrogens with zero attached hydrogens (tertiary/aromatic N) is 4. The third kappa shape index (κ3) is 8.11. The lowest BCUT2D eigenvalue weighted by Crippen LogP contribution is -2.40. The van der Waals surface area contributed by atoms with Crippen molar-refractivity contribution < 1.29 is 9.53 Å². The largest absolute Gasteiger partial charge is 0.457 e. The molecule has 1 atom stereocenters. The number of amides is 1. The van der Waals surface area contributed by atoms with Gasteiger partial charge < -0.3 is 20.4 Å². The number of ether oxygens (including phenoxy) is 1. The number of likely N-dealkylation sites (N-methyl/N-ethyl adjacent to an activating group) is 1. The Hall–Kier alpha value is -4.17.